The van der Waals surface area contributed by atoms with Crippen molar-refractivity contribution in [3.05, 3.63) is 65.5 Å². The number of hydrogen-bond acceptors (Lipinski definition) is 2. The Labute approximate surface area is 135 Å². The Kier molecular flexibility index (Phi) is 3.52. The Morgan fingerprint density at radius 3 is 2.87 bits per heavy atom. The summed E-state index contributed by atoms with van der Waals surface area (Å²) in [6.07, 6.45) is 1.28. The number of para-hydroxylation sites is 1. The van der Waals surface area contributed by atoms with E-state index in [1.807, 2.05) is 11.0 Å². The van der Waals surface area contributed by atoms with E-state index in [4.69, 9.17) is 0 Å². The normalized spacial score (nSPS) is 19.4. The van der Waals surface area contributed by atoms with Gasteiger partial charge in [0.25, 0.3) is 0 Å². The summed E-state index contributed by atoms with van der Waals surface area (Å²) in [4.78, 5) is 16.9. The van der Waals surface area contributed by atoms with E-state index in [-0.39, 0.29) is 18.1 Å². The van der Waals surface area contributed by atoms with Crippen LogP contribution in [0, 0.1) is 5.82 Å². The van der Waals surface area contributed by atoms with E-state index in [1.54, 1.807) is 6.07 Å². The average Bonchev–Trinajstić information content (AvgIpc) is 2.92. The number of nitrogens with zero attached hydrogens (tertiary/aromatic N) is 2. The van der Waals surface area contributed by atoms with Gasteiger partial charge in [-0.25, -0.2) is 4.39 Å². The zero-order valence-electron chi connectivity index (χ0n) is 12.9. The molecule has 0 radical (unpaired) electrons. The molecule has 2 aromatic rings. The van der Waals surface area contributed by atoms with Crippen molar-refractivity contribution in [3.8, 4) is 0 Å². The molecule has 0 aromatic heterocycles. The van der Waals surface area contributed by atoms with Gasteiger partial charge in [0.1, 0.15) is 5.82 Å². The molecule has 0 saturated carbocycles. The van der Waals surface area contributed by atoms with E-state index in [0.29, 0.717) is 6.04 Å². The first-order chi connectivity index (χ1) is 11.2. The van der Waals surface area contributed by atoms with Gasteiger partial charge in [0.05, 0.1) is 12.5 Å². The molecule has 2 aliphatic rings. The van der Waals surface area contributed by atoms with Crippen molar-refractivity contribution in [2.75, 3.05) is 24.5 Å². The topological polar surface area (TPSA) is 23.6 Å². The highest BCUT2D eigenvalue weighted by atomic mass is 19.1. The molecule has 23 heavy (non-hydrogen) atoms. The Morgan fingerprint density at radius 1 is 1.13 bits per heavy atom. The maximum atomic E-state index is 13.3. The molecule has 1 amide bonds. The molecule has 4 heteroatoms. The van der Waals surface area contributed by atoms with Crippen molar-refractivity contribution in [1.82, 2.24) is 4.90 Å². The number of halogens is 1. The summed E-state index contributed by atoms with van der Waals surface area (Å²) in [5.74, 6) is -0.197. The first-order valence-corrected chi connectivity index (χ1v) is 8.07. The third-order valence-corrected chi connectivity index (χ3v) is 4.84. The van der Waals surface area contributed by atoms with Crippen molar-refractivity contribution < 1.29 is 9.18 Å². The van der Waals surface area contributed by atoms with E-state index in [2.05, 4.69) is 29.2 Å². The first kappa shape index (κ1) is 14.2. The highest BCUT2D eigenvalue weighted by Gasteiger charge is 2.35. The zero-order valence-corrected chi connectivity index (χ0v) is 12.9. The van der Waals surface area contributed by atoms with Crippen LogP contribution in [0.25, 0.3) is 0 Å². The lowest BCUT2D eigenvalue weighted by Gasteiger charge is -2.39. The number of anilines is 1. The molecule has 0 spiro atoms. The van der Waals surface area contributed by atoms with Gasteiger partial charge in [-0.15, -0.1) is 0 Å². The molecule has 1 saturated heterocycles. The van der Waals surface area contributed by atoms with Crippen LogP contribution in [0.5, 0.6) is 0 Å². The average molecular weight is 310 g/mol. The van der Waals surface area contributed by atoms with Crippen LogP contribution in [-0.4, -0.2) is 36.5 Å². The molecule has 2 aliphatic heterocycles. The molecule has 0 aliphatic carbocycles. The van der Waals surface area contributed by atoms with Crippen molar-refractivity contribution in [2.24, 2.45) is 0 Å². The summed E-state index contributed by atoms with van der Waals surface area (Å²) in [6, 6.07) is 15.2. The second kappa shape index (κ2) is 5.69. The molecule has 118 valence electrons. The quantitative estimate of drug-likeness (QED) is 0.851. The van der Waals surface area contributed by atoms with Gasteiger partial charge in [-0.3, -0.25) is 4.79 Å². The molecule has 1 atom stereocenters. The van der Waals surface area contributed by atoms with Gasteiger partial charge in [-0.05, 0) is 35.7 Å². The molecular weight excluding hydrogens is 291 g/mol. The standard InChI is InChI=1S/C19H19FN2O/c20-16-6-3-4-14(10-16)11-19(23)21-8-9-22-17(13-21)12-15-5-1-2-7-18(15)22/h1-7,10,17H,8-9,11-13H2. The number of carbonyl (C=O) groups excluding carboxylic acids is 1. The van der Waals surface area contributed by atoms with Crippen LogP contribution in [0.1, 0.15) is 11.1 Å². The molecular formula is C19H19FN2O. The highest BCUT2D eigenvalue weighted by molar-refractivity contribution is 5.79. The summed E-state index contributed by atoms with van der Waals surface area (Å²) in [6.45, 7) is 2.36. The lowest BCUT2D eigenvalue weighted by atomic mass is 10.1. The van der Waals surface area contributed by atoms with Crippen molar-refractivity contribution >= 4 is 11.6 Å². The molecule has 0 bridgehead atoms. The van der Waals surface area contributed by atoms with Gasteiger partial charge in [-0.1, -0.05) is 30.3 Å². The summed E-state index contributed by atoms with van der Waals surface area (Å²) < 4.78 is 13.3. The fourth-order valence-electron chi connectivity index (χ4n) is 3.72. The van der Waals surface area contributed by atoms with E-state index in [1.165, 1.54) is 23.4 Å². The molecule has 2 heterocycles. The zero-order chi connectivity index (χ0) is 15.8. The summed E-state index contributed by atoms with van der Waals surface area (Å²) >= 11 is 0. The molecule has 0 N–H and O–H groups in total. The predicted molar refractivity (Wildman–Crippen MR) is 88.0 cm³/mol. The Bertz CT molecular complexity index is 746. The summed E-state index contributed by atoms with van der Waals surface area (Å²) in [5.41, 5.74) is 3.43. The summed E-state index contributed by atoms with van der Waals surface area (Å²) in [7, 11) is 0. The molecule has 2 aromatic carbocycles. The van der Waals surface area contributed by atoms with Crippen LogP contribution in [0.3, 0.4) is 0 Å². The first-order valence-electron chi connectivity index (χ1n) is 8.07. The lowest BCUT2D eigenvalue weighted by molar-refractivity contribution is -0.131. The van der Waals surface area contributed by atoms with Crippen LogP contribution in [0.15, 0.2) is 48.5 Å². The third kappa shape index (κ3) is 2.69. The smallest absolute Gasteiger partial charge is 0.227 e. The highest BCUT2D eigenvalue weighted by Crippen LogP contribution is 2.33. The number of amides is 1. The SMILES string of the molecule is O=C(Cc1cccc(F)c1)N1CCN2c3ccccc3CC2C1. The maximum Gasteiger partial charge on any atom is 0.227 e. The molecule has 3 nitrogen and oxygen atoms in total. The van der Waals surface area contributed by atoms with Crippen LogP contribution in [-0.2, 0) is 17.6 Å². The number of carbonyl (C=O) groups is 1. The van der Waals surface area contributed by atoms with E-state index in [0.717, 1.165) is 31.6 Å². The Morgan fingerprint density at radius 2 is 2.00 bits per heavy atom. The Hall–Kier alpha value is -2.36. The van der Waals surface area contributed by atoms with Crippen LogP contribution in [0.4, 0.5) is 10.1 Å². The van der Waals surface area contributed by atoms with Gasteiger partial charge in [0, 0.05) is 25.3 Å². The second-order valence-electron chi connectivity index (χ2n) is 6.33. The molecule has 1 fully saturated rings. The number of fused-ring (bicyclic) bond motifs is 3. The van der Waals surface area contributed by atoms with Gasteiger partial charge < -0.3 is 9.80 Å². The Balaban J connectivity index is 1.44. The van der Waals surface area contributed by atoms with E-state index in [9.17, 15) is 9.18 Å². The van der Waals surface area contributed by atoms with Crippen LogP contribution in [0.2, 0.25) is 0 Å². The molecule has 1 unspecified atom stereocenters. The number of rotatable bonds is 2. The minimum atomic E-state index is -0.286. The minimum absolute atomic E-state index is 0.0891. The van der Waals surface area contributed by atoms with Crippen molar-refractivity contribution in [2.45, 2.75) is 18.9 Å². The van der Waals surface area contributed by atoms with Crippen LogP contribution >= 0.6 is 0 Å². The van der Waals surface area contributed by atoms with E-state index < -0.39 is 0 Å². The fourth-order valence-corrected chi connectivity index (χ4v) is 3.72. The molecule has 4 rings (SSSR count). The number of benzene rings is 2. The predicted octanol–water partition coefficient (Wildman–Crippen LogP) is 2.64. The van der Waals surface area contributed by atoms with E-state index >= 15 is 0 Å². The van der Waals surface area contributed by atoms with Gasteiger partial charge in [0.2, 0.25) is 5.91 Å². The monoisotopic (exact) mass is 310 g/mol. The van der Waals surface area contributed by atoms with Crippen molar-refractivity contribution in [3.63, 3.8) is 0 Å². The van der Waals surface area contributed by atoms with Crippen molar-refractivity contribution in [1.29, 1.82) is 0 Å². The summed E-state index contributed by atoms with van der Waals surface area (Å²) in [5, 5.41) is 0. The third-order valence-electron chi connectivity index (χ3n) is 4.84. The fraction of sp³-hybridized carbons (Fsp3) is 0.316. The van der Waals surface area contributed by atoms with Crippen LogP contribution < -0.4 is 4.90 Å². The largest absolute Gasteiger partial charge is 0.364 e. The minimum Gasteiger partial charge on any atom is -0.364 e. The maximum absolute atomic E-state index is 13.3. The lowest BCUT2D eigenvalue weighted by Crippen LogP contribution is -2.53. The van der Waals surface area contributed by atoms with Gasteiger partial charge in [0.15, 0.2) is 0 Å². The van der Waals surface area contributed by atoms with Gasteiger partial charge in [-0.2, -0.15) is 0 Å². The number of piperazine rings is 1. The van der Waals surface area contributed by atoms with Gasteiger partial charge >= 0.3 is 0 Å². The second-order valence-corrected chi connectivity index (χ2v) is 6.33. The number of hydrogen-bond donors (Lipinski definition) is 0.